The van der Waals surface area contributed by atoms with Gasteiger partial charge in [-0.25, -0.2) is 4.79 Å². The topological polar surface area (TPSA) is 70.4 Å². The van der Waals surface area contributed by atoms with Gasteiger partial charge in [-0.1, -0.05) is 0 Å². The maximum atomic E-state index is 13.0. The Balaban J connectivity index is 2.01. The van der Waals surface area contributed by atoms with Crippen molar-refractivity contribution in [3.05, 3.63) is 11.8 Å². The molecule has 0 spiro atoms. The third-order valence-electron chi connectivity index (χ3n) is 4.26. The van der Waals surface area contributed by atoms with Gasteiger partial charge in [-0.2, -0.15) is 18.3 Å². The van der Waals surface area contributed by atoms with E-state index in [0.717, 1.165) is 5.56 Å². The number of aryl methyl sites for hydroxylation is 2. The van der Waals surface area contributed by atoms with Crippen LogP contribution in [0.5, 0.6) is 0 Å². The Bertz CT molecular complexity index is 528. The normalized spacial score (nSPS) is 18.4. The Kier molecular flexibility index (Phi) is 4.37. The summed E-state index contributed by atoms with van der Waals surface area (Å²) in [7, 11) is 1.67. The van der Waals surface area contributed by atoms with Gasteiger partial charge in [0.05, 0.1) is 18.2 Å². The Labute approximate surface area is 125 Å². The predicted octanol–water partition coefficient (Wildman–Crippen LogP) is 1.90. The number of piperidine rings is 1. The highest BCUT2D eigenvalue weighted by Crippen LogP contribution is 2.45. The van der Waals surface area contributed by atoms with Crippen LogP contribution in [0.4, 0.5) is 23.8 Å². The molecule has 1 aromatic rings. The minimum atomic E-state index is -4.47. The third-order valence-corrected chi connectivity index (χ3v) is 4.26. The van der Waals surface area contributed by atoms with Crippen LogP contribution >= 0.6 is 0 Å². The number of urea groups is 1. The number of anilines is 1. The van der Waals surface area contributed by atoms with Gasteiger partial charge in [0.2, 0.25) is 0 Å². The molecule has 22 heavy (non-hydrogen) atoms. The van der Waals surface area contributed by atoms with Gasteiger partial charge < -0.3 is 10.0 Å². The average Bonchev–Trinajstić information content (AvgIpc) is 2.78. The van der Waals surface area contributed by atoms with Crippen molar-refractivity contribution in [2.45, 2.75) is 25.9 Å². The number of hydrogen-bond donors (Lipinski definition) is 2. The van der Waals surface area contributed by atoms with E-state index in [1.165, 1.54) is 9.58 Å². The number of carbonyl (C=O) groups is 1. The summed E-state index contributed by atoms with van der Waals surface area (Å²) >= 11 is 0. The highest BCUT2D eigenvalue weighted by molar-refractivity contribution is 5.89. The number of aromatic nitrogens is 2. The SMILES string of the molecule is Cc1cnn(C)c1NC(=O)N1CCC(CO)(C(F)(F)F)CC1. The van der Waals surface area contributed by atoms with Crippen molar-refractivity contribution in [3.8, 4) is 0 Å². The minimum absolute atomic E-state index is 0.0528. The van der Waals surface area contributed by atoms with Crippen LogP contribution in [0.3, 0.4) is 0 Å². The van der Waals surface area contributed by atoms with Crippen molar-refractivity contribution in [1.82, 2.24) is 14.7 Å². The van der Waals surface area contributed by atoms with Gasteiger partial charge in [0, 0.05) is 25.7 Å². The molecule has 0 bridgehead atoms. The van der Waals surface area contributed by atoms with Crippen molar-refractivity contribution in [3.63, 3.8) is 0 Å². The van der Waals surface area contributed by atoms with E-state index in [1.807, 2.05) is 0 Å². The number of hydrogen-bond acceptors (Lipinski definition) is 3. The highest BCUT2D eigenvalue weighted by atomic mass is 19.4. The largest absolute Gasteiger partial charge is 0.396 e. The summed E-state index contributed by atoms with van der Waals surface area (Å²) in [5.74, 6) is 0.514. The van der Waals surface area contributed by atoms with Gasteiger partial charge in [-0.15, -0.1) is 0 Å². The maximum Gasteiger partial charge on any atom is 0.396 e. The smallest absolute Gasteiger partial charge is 0.395 e. The van der Waals surface area contributed by atoms with Crippen LogP contribution in [0.25, 0.3) is 0 Å². The van der Waals surface area contributed by atoms with E-state index in [2.05, 4.69) is 10.4 Å². The number of nitrogens with one attached hydrogen (secondary N) is 1. The quantitative estimate of drug-likeness (QED) is 0.874. The Morgan fingerprint density at radius 1 is 1.45 bits per heavy atom. The van der Waals surface area contributed by atoms with Crippen molar-refractivity contribution >= 4 is 11.8 Å². The second kappa shape index (κ2) is 5.79. The first kappa shape index (κ1) is 16.6. The number of carbonyl (C=O) groups excluding carboxylic acids is 1. The second-order valence-electron chi connectivity index (χ2n) is 5.65. The fourth-order valence-corrected chi connectivity index (χ4v) is 2.58. The lowest BCUT2D eigenvalue weighted by Crippen LogP contribution is -2.52. The molecule has 0 aliphatic carbocycles. The van der Waals surface area contributed by atoms with Gasteiger partial charge in [0.1, 0.15) is 5.82 Å². The molecule has 0 saturated carbocycles. The van der Waals surface area contributed by atoms with Crippen LogP contribution < -0.4 is 5.32 Å². The average molecular weight is 320 g/mol. The lowest BCUT2D eigenvalue weighted by atomic mass is 9.78. The van der Waals surface area contributed by atoms with Crippen LogP contribution in [-0.2, 0) is 7.05 Å². The molecule has 2 rings (SSSR count). The van der Waals surface area contributed by atoms with E-state index in [9.17, 15) is 18.0 Å². The first-order valence-corrected chi connectivity index (χ1v) is 6.92. The first-order valence-electron chi connectivity index (χ1n) is 6.92. The molecule has 0 atom stereocenters. The molecule has 9 heteroatoms. The molecule has 1 aliphatic heterocycles. The molecule has 2 amide bonds. The monoisotopic (exact) mass is 320 g/mol. The number of halogens is 3. The molecule has 0 radical (unpaired) electrons. The van der Waals surface area contributed by atoms with E-state index in [4.69, 9.17) is 5.11 Å². The number of amides is 2. The summed E-state index contributed by atoms with van der Waals surface area (Å²) in [6.07, 6.45) is -3.48. The van der Waals surface area contributed by atoms with E-state index in [1.54, 1.807) is 20.2 Å². The minimum Gasteiger partial charge on any atom is -0.395 e. The summed E-state index contributed by atoms with van der Waals surface area (Å²) in [5, 5.41) is 15.8. The zero-order valence-electron chi connectivity index (χ0n) is 12.4. The highest BCUT2D eigenvalue weighted by Gasteiger charge is 2.55. The molecular formula is C13H19F3N4O2. The predicted molar refractivity (Wildman–Crippen MR) is 73.3 cm³/mol. The van der Waals surface area contributed by atoms with Gasteiger partial charge >= 0.3 is 12.2 Å². The summed E-state index contributed by atoms with van der Waals surface area (Å²) in [6.45, 7) is 0.720. The fraction of sp³-hybridized carbons (Fsp3) is 0.692. The summed E-state index contributed by atoms with van der Waals surface area (Å²) in [6, 6.07) is -0.458. The zero-order chi connectivity index (χ0) is 16.5. The van der Waals surface area contributed by atoms with Crippen molar-refractivity contribution in [2.75, 3.05) is 25.0 Å². The van der Waals surface area contributed by atoms with E-state index in [0.29, 0.717) is 5.82 Å². The fourth-order valence-electron chi connectivity index (χ4n) is 2.58. The number of nitrogens with zero attached hydrogens (tertiary/aromatic N) is 3. The third kappa shape index (κ3) is 2.90. The number of aliphatic hydroxyl groups is 1. The molecule has 6 nitrogen and oxygen atoms in total. The Morgan fingerprint density at radius 2 is 2.05 bits per heavy atom. The van der Waals surface area contributed by atoms with Gasteiger partial charge in [-0.05, 0) is 19.8 Å². The summed E-state index contributed by atoms with van der Waals surface area (Å²) in [5.41, 5.74) is -1.33. The second-order valence-corrected chi connectivity index (χ2v) is 5.65. The van der Waals surface area contributed by atoms with Crippen LogP contribution in [-0.4, -0.2) is 51.7 Å². The van der Waals surface area contributed by atoms with Crippen LogP contribution in [0.2, 0.25) is 0 Å². The Hall–Kier alpha value is -1.77. The molecule has 2 N–H and O–H groups in total. The number of alkyl halides is 3. The molecule has 1 fully saturated rings. The summed E-state index contributed by atoms with van der Waals surface area (Å²) < 4.78 is 40.6. The van der Waals surface area contributed by atoms with Crippen LogP contribution in [0.1, 0.15) is 18.4 Å². The molecule has 0 aromatic carbocycles. The van der Waals surface area contributed by atoms with E-state index >= 15 is 0 Å². The molecule has 124 valence electrons. The maximum absolute atomic E-state index is 13.0. The number of aliphatic hydroxyl groups excluding tert-OH is 1. The van der Waals surface area contributed by atoms with Gasteiger partial charge in [0.15, 0.2) is 0 Å². The van der Waals surface area contributed by atoms with E-state index < -0.39 is 24.2 Å². The van der Waals surface area contributed by atoms with E-state index in [-0.39, 0.29) is 25.9 Å². The van der Waals surface area contributed by atoms with Gasteiger partial charge in [-0.3, -0.25) is 10.00 Å². The van der Waals surface area contributed by atoms with Gasteiger partial charge in [0.25, 0.3) is 0 Å². The molecule has 0 unspecified atom stereocenters. The molecule has 2 heterocycles. The standard InChI is InChI=1S/C13H19F3N4O2/c1-9-7-17-19(2)10(9)18-11(22)20-5-3-12(8-21,4-6-20)13(14,15)16/h7,21H,3-6,8H2,1-2H3,(H,18,22). The molecular weight excluding hydrogens is 301 g/mol. The van der Waals surface area contributed by atoms with Crippen molar-refractivity contribution in [1.29, 1.82) is 0 Å². The molecule has 1 aromatic heterocycles. The van der Waals surface area contributed by atoms with Crippen molar-refractivity contribution in [2.24, 2.45) is 12.5 Å². The first-order chi connectivity index (χ1) is 10.2. The zero-order valence-corrected chi connectivity index (χ0v) is 12.4. The lowest BCUT2D eigenvalue weighted by Gasteiger charge is -2.41. The lowest BCUT2D eigenvalue weighted by molar-refractivity contribution is -0.247. The number of likely N-dealkylation sites (tertiary alicyclic amines) is 1. The number of rotatable bonds is 2. The van der Waals surface area contributed by atoms with Crippen LogP contribution in [0, 0.1) is 12.3 Å². The molecule has 1 saturated heterocycles. The van der Waals surface area contributed by atoms with Crippen LogP contribution in [0.15, 0.2) is 6.20 Å². The molecule has 1 aliphatic rings. The Morgan fingerprint density at radius 3 is 2.45 bits per heavy atom. The van der Waals surface area contributed by atoms with Crippen molar-refractivity contribution < 1.29 is 23.1 Å². The summed E-state index contributed by atoms with van der Waals surface area (Å²) in [4.78, 5) is 13.5.